The summed E-state index contributed by atoms with van der Waals surface area (Å²) in [6, 6.07) is 1.76. The van der Waals surface area contributed by atoms with E-state index in [9.17, 15) is 18.4 Å². The lowest BCUT2D eigenvalue weighted by molar-refractivity contribution is -0.136. The Hall–Kier alpha value is -1.98. The van der Waals surface area contributed by atoms with Crippen molar-refractivity contribution in [3.05, 3.63) is 29.3 Å². The lowest BCUT2D eigenvalue weighted by Gasteiger charge is -2.06. The number of benzene rings is 1. The van der Waals surface area contributed by atoms with Crippen molar-refractivity contribution >= 4 is 17.6 Å². The first kappa shape index (κ1) is 12.1. The van der Waals surface area contributed by atoms with E-state index in [1.165, 1.54) is 6.92 Å². The van der Waals surface area contributed by atoms with E-state index < -0.39 is 35.5 Å². The van der Waals surface area contributed by atoms with Crippen LogP contribution in [0.4, 0.5) is 14.5 Å². The molecule has 1 rings (SSSR count). The highest BCUT2D eigenvalue weighted by atomic mass is 19.1. The minimum Gasteiger partial charge on any atom is -0.481 e. The largest absolute Gasteiger partial charge is 0.481 e. The molecule has 0 heterocycles. The quantitative estimate of drug-likeness (QED) is 0.826. The van der Waals surface area contributed by atoms with Crippen LogP contribution in [0.15, 0.2) is 12.1 Å². The van der Waals surface area contributed by atoms with Crippen LogP contribution in [-0.2, 0) is 16.0 Å². The predicted octanol–water partition coefficient (Wildman–Crippen LogP) is 1.55. The molecule has 0 spiro atoms. The second-order valence-electron chi connectivity index (χ2n) is 3.17. The maximum atomic E-state index is 13.3. The van der Waals surface area contributed by atoms with Crippen LogP contribution in [0.2, 0.25) is 0 Å². The van der Waals surface area contributed by atoms with Gasteiger partial charge in [0.15, 0.2) is 0 Å². The number of carbonyl (C=O) groups is 2. The van der Waals surface area contributed by atoms with Gasteiger partial charge in [0, 0.05) is 18.2 Å². The van der Waals surface area contributed by atoms with Crippen molar-refractivity contribution in [1.29, 1.82) is 0 Å². The number of halogens is 2. The van der Waals surface area contributed by atoms with Crippen molar-refractivity contribution in [2.75, 3.05) is 5.32 Å². The molecule has 0 aliphatic carbocycles. The number of amides is 1. The first-order valence-electron chi connectivity index (χ1n) is 4.37. The third-order valence-corrected chi connectivity index (χ3v) is 1.79. The molecule has 0 radical (unpaired) electrons. The monoisotopic (exact) mass is 229 g/mol. The number of anilines is 1. The minimum atomic E-state index is -1.33. The summed E-state index contributed by atoms with van der Waals surface area (Å²) in [5, 5.41) is 10.6. The van der Waals surface area contributed by atoms with Crippen molar-refractivity contribution in [2.45, 2.75) is 13.3 Å². The lowest BCUT2D eigenvalue weighted by Crippen LogP contribution is -2.09. The molecule has 0 fully saturated rings. The standard InChI is InChI=1S/C10H9F2NO3/c1-5(14)13-6-2-8(11)7(4-10(15)16)9(12)3-6/h2-3H,4H2,1H3,(H,13,14)(H,15,16). The van der Waals surface area contributed by atoms with E-state index in [0.29, 0.717) is 0 Å². The van der Waals surface area contributed by atoms with Crippen molar-refractivity contribution in [2.24, 2.45) is 0 Å². The fraction of sp³-hybridized carbons (Fsp3) is 0.200. The number of hydrogen-bond acceptors (Lipinski definition) is 2. The highest BCUT2D eigenvalue weighted by molar-refractivity contribution is 5.88. The number of rotatable bonds is 3. The van der Waals surface area contributed by atoms with Crippen molar-refractivity contribution in [1.82, 2.24) is 0 Å². The topological polar surface area (TPSA) is 66.4 Å². The molecule has 1 aromatic carbocycles. The Morgan fingerprint density at radius 3 is 2.19 bits per heavy atom. The van der Waals surface area contributed by atoms with Crippen molar-refractivity contribution in [3.63, 3.8) is 0 Å². The molecule has 0 aromatic heterocycles. The second-order valence-corrected chi connectivity index (χ2v) is 3.17. The summed E-state index contributed by atoms with van der Waals surface area (Å²) in [5.74, 6) is -3.79. The van der Waals surface area contributed by atoms with Gasteiger partial charge in [0.1, 0.15) is 11.6 Å². The third kappa shape index (κ3) is 3.01. The van der Waals surface area contributed by atoms with Gasteiger partial charge in [0.2, 0.25) is 5.91 Å². The fourth-order valence-electron chi connectivity index (χ4n) is 1.20. The summed E-state index contributed by atoms with van der Waals surface area (Å²) in [6.45, 7) is 1.20. The molecule has 16 heavy (non-hydrogen) atoms. The number of carboxylic acid groups (broad SMARTS) is 1. The Labute approximate surface area is 89.9 Å². The molecule has 6 heteroatoms. The van der Waals surface area contributed by atoms with Crippen LogP contribution >= 0.6 is 0 Å². The van der Waals surface area contributed by atoms with Crippen LogP contribution in [0, 0.1) is 11.6 Å². The molecule has 4 nitrogen and oxygen atoms in total. The summed E-state index contributed by atoms with van der Waals surface area (Å²) in [4.78, 5) is 21.0. The van der Waals surface area contributed by atoms with E-state index in [2.05, 4.69) is 5.32 Å². The number of carbonyl (C=O) groups excluding carboxylic acids is 1. The maximum absolute atomic E-state index is 13.3. The molecular formula is C10H9F2NO3. The van der Waals surface area contributed by atoms with Crippen LogP contribution in [0.25, 0.3) is 0 Å². The number of carboxylic acids is 1. The number of hydrogen-bond donors (Lipinski definition) is 2. The SMILES string of the molecule is CC(=O)Nc1cc(F)c(CC(=O)O)c(F)c1. The van der Waals surface area contributed by atoms with Gasteiger partial charge in [-0.2, -0.15) is 0 Å². The average molecular weight is 229 g/mol. The van der Waals surface area contributed by atoms with Gasteiger partial charge in [0.25, 0.3) is 0 Å². The fourth-order valence-corrected chi connectivity index (χ4v) is 1.20. The van der Waals surface area contributed by atoms with Crippen LogP contribution < -0.4 is 5.32 Å². The summed E-state index contributed by atoms with van der Waals surface area (Å²) >= 11 is 0. The van der Waals surface area contributed by atoms with Crippen molar-refractivity contribution in [3.8, 4) is 0 Å². The average Bonchev–Trinajstić information content (AvgIpc) is 2.10. The zero-order valence-corrected chi connectivity index (χ0v) is 8.38. The highest BCUT2D eigenvalue weighted by Gasteiger charge is 2.14. The van der Waals surface area contributed by atoms with Gasteiger partial charge in [-0.05, 0) is 12.1 Å². The predicted molar refractivity (Wildman–Crippen MR) is 52.0 cm³/mol. The molecule has 0 unspecified atom stereocenters. The van der Waals surface area contributed by atoms with E-state index in [1.807, 2.05) is 0 Å². The second kappa shape index (κ2) is 4.69. The Bertz CT molecular complexity index is 423. The summed E-state index contributed by atoms with van der Waals surface area (Å²) in [6.07, 6.45) is -0.738. The Kier molecular flexibility index (Phi) is 3.55. The van der Waals surface area contributed by atoms with E-state index in [-0.39, 0.29) is 5.69 Å². The molecule has 86 valence electrons. The Morgan fingerprint density at radius 1 is 1.31 bits per heavy atom. The van der Waals surface area contributed by atoms with E-state index >= 15 is 0 Å². The summed E-state index contributed by atoms with van der Waals surface area (Å²) < 4.78 is 26.5. The molecular weight excluding hydrogens is 220 g/mol. The molecule has 2 N–H and O–H groups in total. The highest BCUT2D eigenvalue weighted by Crippen LogP contribution is 2.19. The molecule has 1 aromatic rings. The molecule has 0 saturated heterocycles. The maximum Gasteiger partial charge on any atom is 0.308 e. The summed E-state index contributed by atoms with van der Waals surface area (Å²) in [5.41, 5.74) is -0.571. The molecule has 0 atom stereocenters. The van der Waals surface area contributed by atoms with Crippen LogP contribution in [0.5, 0.6) is 0 Å². The lowest BCUT2D eigenvalue weighted by atomic mass is 10.1. The van der Waals surface area contributed by atoms with Crippen LogP contribution in [0.3, 0.4) is 0 Å². The van der Waals surface area contributed by atoms with Gasteiger partial charge in [-0.25, -0.2) is 8.78 Å². The Morgan fingerprint density at radius 2 is 1.81 bits per heavy atom. The van der Waals surface area contributed by atoms with E-state index in [1.54, 1.807) is 0 Å². The third-order valence-electron chi connectivity index (χ3n) is 1.79. The number of nitrogens with one attached hydrogen (secondary N) is 1. The van der Waals surface area contributed by atoms with E-state index in [4.69, 9.17) is 5.11 Å². The van der Waals surface area contributed by atoms with Gasteiger partial charge in [-0.3, -0.25) is 9.59 Å². The van der Waals surface area contributed by atoms with Crippen LogP contribution in [0.1, 0.15) is 12.5 Å². The molecule has 0 aliphatic rings. The molecule has 0 bridgehead atoms. The number of aliphatic carboxylic acids is 1. The van der Waals surface area contributed by atoms with Crippen molar-refractivity contribution < 1.29 is 23.5 Å². The van der Waals surface area contributed by atoms with Gasteiger partial charge >= 0.3 is 5.97 Å². The molecule has 0 aliphatic heterocycles. The van der Waals surface area contributed by atoms with Gasteiger partial charge < -0.3 is 10.4 Å². The zero-order valence-electron chi connectivity index (χ0n) is 8.38. The summed E-state index contributed by atoms with van der Waals surface area (Å²) in [7, 11) is 0. The minimum absolute atomic E-state index is 0.0448. The van der Waals surface area contributed by atoms with Gasteiger partial charge in [-0.1, -0.05) is 0 Å². The zero-order chi connectivity index (χ0) is 12.3. The first-order chi connectivity index (χ1) is 7.40. The van der Waals surface area contributed by atoms with Gasteiger partial charge in [0.05, 0.1) is 6.42 Å². The molecule has 1 amide bonds. The smallest absolute Gasteiger partial charge is 0.308 e. The van der Waals surface area contributed by atoms with E-state index in [0.717, 1.165) is 12.1 Å². The Balaban J connectivity index is 3.06. The van der Waals surface area contributed by atoms with Crippen LogP contribution in [-0.4, -0.2) is 17.0 Å². The molecule has 0 saturated carbocycles. The first-order valence-corrected chi connectivity index (χ1v) is 4.37. The van der Waals surface area contributed by atoms with Gasteiger partial charge in [-0.15, -0.1) is 0 Å². The normalized spacial score (nSPS) is 9.94.